The summed E-state index contributed by atoms with van der Waals surface area (Å²) in [6.45, 7) is 0. The van der Waals surface area contributed by atoms with Gasteiger partial charge in [-0.15, -0.1) is 0 Å². The highest BCUT2D eigenvalue weighted by atomic mass is 16.5. The number of hydrogen-bond acceptors (Lipinski definition) is 4. The summed E-state index contributed by atoms with van der Waals surface area (Å²) in [7, 11) is 1.56. The van der Waals surface area contributed by atoms with E-state index in [1.54, 1.807) is 43.5 Å². The van der Waals surface area contributed by atoms with Crippen molar-refractivity contribution in [3.8, 4) is 5.75 Å². The molecular formula is C17H19N3O3. The van der Waals surface area contributed by atoms with Crippen LogP contribution in [0.3, 0.4) is 0 Å². The molecule has 0 spiro atoms. The minimum atomic E-state index is -0.500. The summed E-state index contributed by atoms with van der Waals surface area (Å²) in [6, 6.07) is 11.9. The molecule has 5 N–H and O–H groups in total. The number of rotatable bonds is 6. The monoisotopic (exact) mass is 313 g/mol. The second kappa shape index (κ2) is 7.31. The van der Waals surface area contributed by atoms with Crippen LogP contribution in [0.15, 0.2) is 42.5 Å². The van der Waals surface area contributed by atoms with E-state index in [1.807, 2.05) is 6.07 Å². The molecule has 0 radical (unpaired) electrons. The summed E-state index contributed by atoms with van der Waals surface area (Å²) in [5.74, 6) is -0.000993. The lowest BCUT2D eigenvalue weighted by Gasteiger charge is -2.08. The quantitative estimate of drug-likeness (QED) is 0.708. The van der Waals surface area contributed by atoms with E-state index in [0.717, 1.165) is 5.56 Å². The van der Waals surface area contributed by atoms with E-state index in [4.69, 9.17) is 16.2 Å². The Morgan fingerprint density at radius 1 is 1.13 bits per heavy atom. The van der Waals surface area contributed by atoms with Crippen LogP contribution in [0.4, 0.5) is 11.4 Å². The van der Waals surface area contributed by atoms with E-state index in [1.165, 1.54) is 0 Å². The summed E-state index contributed by atoms with van der Waals surface area (Å²) in [5.41, 5.74) is 13.5. The van der Waals surface area contributed by atoms with Gasteiger partial charge >= 0.3 is 0 Å². The van der Waals surface area contributed by atoms with E-state index in [0.29, 0.717) is 35.5 Å². The van der Waals surface area contributed by atoms with E-state index in [2.05, 4.69) is 5.32 Å². The van der Waals surface area contributed by atoms with Crippen molar-refractivity contribution in [2.45, 2.75) is 12.8 Å². The third-order valence-corrected chi connectivity index (χ3v) is 3.39. The highest BCUT2D eigenvalue weighted by Gasteiger charge is 2.06. The number of carbonyl (C=O) groups excluding carboxylic acids is 2. The number of primary amides is 1. The molecule has 0 aromatic heterocycles. The Morgan fingerprint density at radius 2 is 1.83 bits per heavy atom. The van der Waals surface area contributed by atoms with Crippen LogP contribution in [0.1, 0.15) is 22.3 Å². The van der Waals surface area contributed by atoms with Crippen LogP contribution in [-0.4, -0.2) is 18.9 Å². The average Bonchev–Trinajstić information content (AvgIpc) is 2.53. The summed E-state index contributed by atoms with van der Waals surface area (Å²) >= 11 is 0. The first-order chi connectivity index (χ1) is 11.0. The molecule has 0 heterocycles. The van der Waals surface area contributed by atoms with Crippen molar-refractivity contribution in [2.24, 2.45) is 5.73 Å². The zero-order chi connectivity index (χ0) is 16.8. The van der Waals surface area contributed by atoms with Crippen molar-refractivity contribution in [3.63, 3.8) is 0 Å². The van der Waals surface area contributed by atoms with Crippen molar-refractivity contribution in [1.82, 2.24) is 0 Å². The molecule has 0 unspecified atom stereocenters. The van der Waals surface area contributed by atoms with Gasteiger partial charge in [0.2, 0.25) is 11.8 Å². The first-order valence-electron chi connectivity index (χ1n) is 7.11. The van der Waals surface area contributed by atoms with Gasteiger partial charge in [0.05, 0.1) is 12.8 Å². The zero-order valence-electron chi connectivity index (χ0n) is 12.8. The molecule has 6 heteroatoms. The Hall–Kier alpha value is -3.02. The molecule has 2 aromatic carbocycles. The molecule has 0 bridgehead atoms. The maximum absolute atomic E-state index is 12.0. The maximum Gasteiger partial charge on any atom is 0.248 e. The lowest BCUT2D eigenvalue weighted by atomic mass is 10.1. The highest BCUT2D eigenvalue weighted by Crippen LogP contribution is 2.22. The molecule has 0 fully saturated rings. The molecule has 0 atom stereocenters. The molecule has 0 aliphatic heterocycles. The van der Waals surface area contributed by atoms with Crippen LogP contribution in [0.2, 0.25) is 0 Å². The molecule has 23 heavy (non-hydrogen) atoms. The van der Waals surface area contributed by atoms with E-state index in [-0.39, 0.29) is 5.91 Å². The van der Waals surface area contributed by atoms with E-state index >= 15 is 0 Å². The lowest BCUT2D eigenvalue weighted by Crippen LogP contribution is -2.13. The number of ether oxygens (including phenoxy) is 1. The minimum absolute atomic E-state index is 0.119. The van der Waals surface area contributed by atoms with Gasteiger partial charge in [-0.25, -0.2) is 0 Å². The predicted molar refractivity (Wildman–Crippen MR) is 89.3 cm³/mol. The summed E-state index contributed by atoms with van der Waals surface area (Å²) < 4.78 is 5.09. The third-order valence-electron chi connectivity index (χ3n) is 3.39. The zero-order valence-corrected chi connectivity index (χ0v) is 12.8. The number of nitrogens with one attached hydrogen (secondary N) is 1. The fourth-order valence-electron chi connectivity index (χ4n) is 2.14. The van der Waals surface area contributed by atoms with Gasteiger partial charge in [0.1, 0.15) is 5.75 Å². The van der Waals surface area contributed by atoms with E-state index in [9.17, 15) is 9.59 Å². The Balaban J connectivity index is 1.89. The van der Waals surface area contributed by atoms with Crippen molar-refractivity contribution in [1.29, 1.82) is 0 Å². The number of carbonyl (C=O) groups is 2. The number of anilines is 2. The predicted octanol–water partition coefficient (Wildman–Crippen LogP) is 1.95. The van der Waals surface area contributed by atoms with Crippen LogP contribution >= 0.6 is 0 Å². The lowest BCUT2D eigenvalue weighted by molar-refractivity contribution is -0.116. The number of nitrogen functional groups attached to an aromatic ring is 1. The fourth-order valence-corrected chi connectivity index (χ4v) is 2.14. The normalized spacial score (nSPS) is 10.1. The molecule has 2 aromatic rings. The molecule has 2 amide bonds. The van der Waals surface area contributed by atoms with E-state index < -0.39 is 5.91 Å². The Bertz CT molecular complexity index is 712. The number of amides is 2. The topological polar surface area (TPSA) is 107 Å². The van der Waals surface area contributed by atoms with Crippen LogP contribution in [0.5, 0.6) is 5.75 Å². The maximum atomic E-state index is 12.0. The number of aryl methyl sites for hydroxylation is 1. The van der Waals surface area contributed by atoms with Crippen LogP contribution in [0.25, 0.3) is 0 Å². The summed E-state index contributed by atoms with van der Waals surface area (Å²) in [4.78, 5) is 22.9. The van der Waals surface area contributed by atoms with Crippen molar-refractivity contribution < 1.29 is 14.3 Å². The van der Waals surface area contributed by atoms with Crippen molar-refractivity contribution in [2.75, 3.05) is 18.2 Å². The summed E-state index contributed by atoms with van der Waals surface area (Å²) in [5, 5.41) is 2.77. The van der Waals surface area contributed by atoms with Gasteiger partial charge in [-0.05, 0) is 48.4 Å². The van der Waals surface area contributed by atoms with Gasteiger partial charge in [-0.1, -0.05) is 6.07 Å². The fraction of sp³-hybridized carbons (Fsp3) is 0.176. The second-order valence-corrected chi connectivity index (χ2v) is 5.07. The van der Waals surface area contributed by atoms with Gasteiger partial charge in [0, 0.05) is 17.7 Å². The Labute approximate surface area is 134 Å². The van der Waals surface area contributed by atoms with Crippen LogP contribution in [0, 0.1) is 0 Å². The van der Waals surface area contributed by atoms with Gasteiger partial charge < -0.3 is 21.5 Å². The summed E-state index contributed by atoms with van der Waals surface area (Å²) in [6.07, 6.45) is 0.892. The molecule has 2 rings (SSSR count). The number of hydrogen-bond donors (Lipinski definition) is 3. The largest absolute Gasteiger partial charge is 0.495 e. The van der Waals surface area contributed by atoms with Gasteiger partial charge in [0.15, 0.2) is 0 Å². The smallest absolute Gasteiger partial charge is 0.248 e. The number of nitrogens with two attached hydrogens (primary N) is 2. The molecule has 0 saturated carbocycles. The minimum Gasteiger partial charge on any atom is -0.495 e. The third kappa shape index (κ3) is 4.47. The first kappa shape index (κ1) is 16.4. The van der Waals surface area contributed by atoms with Gasteiger partial charge in [-0.3, -0.25) is 9.59 Å². The van der Waals surface area contributed by atoms with Crippen molar-refractivity contribution in [3.05, 3.63) is 53.6 Å². The molecule has 6 nitrogen and oxygen atoms in total. The molecule has 0 saturated heterocycles. The van der Waals surface area contributed by atoms with Crippen molar-refractivity contribution >= 4 is 23.2 Å². The second-order valence-electron chi connectivity index (χ2n) is 5.07. The average molecular weight is 313 g/mol. The van der Waals surface area contributed by atoms with Gasteiger partial charge in [-0.2, -0.15) is 0 Å². The highest BCUT2D eigenvalue weighted by molar-refractivity contribution is 5.94. The molecule has 0 aliphatic rings. The van der Waals surface area contributed by atoms with Crippen LogP contribution in [-0.2, 0) is 11.2 Å². The Kier molecular flexibility index (Phi) is 5.19. The van der Waals surface area contributed by atoms with Crippen LogP contribution < -0.4 is 21.5 Å². The molecule has 120 valence electrons. The molecule has 0 aliphatic carbocycles. The SMILES string of the molecule is COc1ccc(CCC(=O)Nc2ccc(C(N)=O)cc2)cc1N. The number of methoxy groups -OCH3 is 1. The number of benzene rings is 2. The standard InChI is InChI=1S/C17H19N3O3/c1-23-15-8-2-11(10-14(15)18)3-9-16(21)20-13-6-4-12(5-7-13)17(19)22/h2,4-8,10H,3,9,18H2,1H3,(H2,19,22)(H,20,21). The molecular weight excluding hydrogens is 294 g/mol. The first-order valence-corrected chi connectivity index (χ1v) is 7.11. The van der Waals surface area contributed by atoms with Gasteiger partial charge in [0.25, 0.3) is 0 Å². The Morgan fingerprint density at radius 3 is 2.39 bits per heavy atom.